The molecule has 0 saturated carbocycles. The van der Waals surface area contributed by atoms with Gasteiger partial charge in [0.2, 0.25) is 5.95 Å². The number of hydrogen-bond donors (Lipinski definition) is 3. The minimum absolute atomic E-state index is 0.00770. The molecule has 0 unspecified atom stereocenters. The predicted molar refractivity (Wildman–Crippen MR) is 156 cm³/mol. The summed E-state index contributed by atoms with van der Waals surface area (Å²) in [5.74, 6) is -0.639. The zero-order chi connectivity index (χ0) is 29.6. The van der Waals surface area contributed by atoms with Gasteiger partial charge in [-0.05, 0) is 78.2 Å². The Kier molecular flexibility index (Phi) is 6.45. The van der Waals surface area contributed by atoms with Gasteiger partial charge in [0.05, 0.1) is 22.2 Å². The molecule has 0 aliphatic heterocycles. The van der Waals surface area contributed by atoms with Crippen molar-refractivity contribution in [2.24, 2.45) is 0 Å². The average Bonchev–Trinajstić information content (AvgIpc) is 2.97. The molecule has 2 heterocycles. The molecule has 2 aromatic heterocycles. The van der Waals surface area contributed by atoms with Crippen LogP contribution in [0.15, 0.2) is 91.3 Å². The molecular formula is C32H22F3N5O2. The maximum absolute atomic E-state index is 13.2. The molecule has 0 spiro atoms. The number of carbonyl (C=O) groups excluding carboxylic acids is 1. The molecular weight excluding hydrogens is 543 g/mol. The number of pyridine rings is 1. The lowest BCUT2D eigenvalue weighted by Crippen LogP contribution is -2.13. The van der Waals surface area contributed by atoms with Crippen LogP contribution in [0.5, 0.6) is 5.75 Å². The summed E-state index contributed by atoms with van der Waals surface area (Å²) >= 11 is 0. The summed E-state index contributed by atoms with van der Waals surface area (Å²) in [4.78, 5) is 26.0. The quantitative estimate of drug-likeness (QED) is 0.206. The number of anilines is 2. The van der Waals surface area contributed by atoms with Gasteiger partial charge >= 0.3 is 6.18 Å². The number of phenols is 1. The van der Waals surface area contributed by atoms with Crippen molar-refractivity contribution in [2.45, 2.75) is 13.1 Å². The molecule has 4 N–H and O–H groups in total. The summed E-state index contributed by atoms with van der Waals surface area (Å²) in [5, 5.41) is 15.7. The molecule has 0 atom stereocenters. The number of halogens is 3. The molecule has 0 saturated heterocycles. The van der Waals surface area contributed by atoms with Gasteiger partial charge < -0.3 is 16.2 Å². The molecule has 4 aromatic carbocycles. The van der Waals surface area contributed by atoms with Crippen LogP contribution in [0.25, 0.3) is 44.1 Å². The van der Waals surface area contributed by atoms with Crippen LogP contribution < -0.4 is 11.1 Å². The number of phenolic OH excluding ortho intramolecular Hbond substituents is 1. The number of hydrogen-bond acceptors (Lipinski definition) is 6. The topological polar surface area (TPSA) is 114 Å². The van der Waals surface area contributed by atoms with Gasteiger partial charge in [-0.3, -0.25) is 9.78 Å². The number of amides is 1. The smallest absolute Gasteiger partial charge is 0.416 e. The van der Waals surface area contributed by atoms with Gasteiger partial charge in [-0.25, -0.2) is 9.97 Å². The number of carbonyl (C=O) groups is 1. The van der Waals surface area contributed by atoms with Crippen LogP contribution in [0, 0.1) is 6.92 Å². The SMILES string of the molecule is Cc1ccc(C(=O)Nc2cccc(C(F)(F)F)c2)cc1-c1cc2cnc(N)nc2c(-c2ccc3ncccc3c2)c1O. The minimum Gasteiger partial charge on any atom is -0.507 e. The first-order valence-corrected chi connectivity index (χ1v) is 12.8. The molecule has 10 heteroatoms. The first-order chi connectivity index (χ1) is 20.1. The first-order valence-electron chi connectivity index (χ1n) is 12.8. The lowest BCUT2D eigenvalue weighted by molar-refractivity contribution is -0.137. The Labute approximate surface area is 237 Å². The molecule has 0 aliphatic carbocycles. The fourth-order valence-corrected chi connectivity index (χ4v) is 4.92. The van der Waals surface area contributed by atoms with Crippen LogP contribution in [0.4, 0.5) is 24.8 Å². The number of benzene rings is 4. The highest BCUT2D eigenvalue weighted by atomic mass is 19.4. The Bertz CT molecular complexity index is 2020. The highest BCUT2D eigenvalue weighted by Gasteiger charge is 2.30. The number of nitrogen functional groups attached to an aromatic ring is 1. The van der Waals surface area contributed by atoms with E-state index in [0.29, 0.717) is 33.2 Å². The van der Waals surface area contributed by atoms with E-state index in [9.17, 15) is 23.1 Å². The summed E-state index contributed by atoms with van der Waals surface area (Å²) < 4.78 is 39.5. The van der Waals surface area contributed by atoms with Crippen LogP contribution in [-0.4, -0.2) is 26.0 Å². The van der Waals surface area contributed by atoms with E-state index in [4.69, 9.17) is 5.73 Å². The van der Waals surface area contributed by atoms with Crippen molar-refractivity contribution in [3.05, 3.63) is 108 Å². The van der Waals surface area contributed by atoms with Crippen LogP contribution in [0.3, 0.4) is 0 Å². The molecule has 6 aromatic rings. The maximum Gasteiger partial charge on any atom is 0.416 e. The average molecular weight is 566 g/mol. The summed E-state index contributed by atoms with van der Waals surface area (Å²) in [6, 6.07) is 20.3. The van der Waals surface area contributed by atoms with Crippen molar-refractivity contribution in [1.29, 1.82) is 0 Å². The second-order valence-electron chi connectivity index (χ2n) is 9.79. The van der Waals surface area contributed by atoms with Crippen molar-refractivity contribution in [2.75, 3.05) is 11.1 Å². The third-order valence-electron chi connectivity index (χ3n) is 6.99. The van der Waals surface area contributed by atoms with Gasteiger partial charge in [-0.1, -0.05) is 24.3 Å². The Morgan fingerprint density at radius 1 is 0.905 bits per heavy atom. The lowest BCUT2D eigenvalue weighted by atomic mass is 9.91. The number of nitrogens with one attached hydrogen (secondary N) is 1. The monoisotopic (exact) mass is 565 g/mol. The summed E-state index contributed by atoms with van der Waals surface area (Å²) in [5.41, 5.74) is 9.30. The van der Waals surface area contributed by atoms with Crippen molar-refractivity contribution in [3.8, 4) is 28.0 Å². The van der Waals surface area contributed by atoms with E-state index in [1.54, 1.807) is 36.7 Å². The van der Waals surface area contributed by atoms with Gasteiger partial charge in [0.25, 0.3) is 5.91 Å². The molecule has 1 amide bonds. The molecule has 6 rings (SSSR count). The minimum atomic E-state index is -4.54. The van der Waals surface area contributed by atoms with Gasteiger partial charge in [-0.15, -0.1) is 0 Å². The van der Waals surface area contributed by atoms with Crippen molar-refractivity contribution in [1.82, 2.24) is 15.0 Å². The Morgan fingerprint density at radius 2 is 1.74 bits per heavy atom. The van der Waals surface area contributed by atoms with Crippen molar-refractivity contribution < 1.29 is 23.1 Å². The number of fused-ring (bicyclic) bond motifs is 2. The van der Waals surface area contributed by atoms with Crippen LogP contribution >= 0.6 is 0 Å². The molecule has 42 heavy (non-hydrogen) atoms. The Balaban J connectivity index is 1.47. The number of nitrogens with zero attached hydrogens (tertiary/aromatic N) is 3. The summed E-state index contributed by atoms with van der Waals surface area (Å²) in [6.45, 7) is 1.83. The van der Waals surface area contributed by atoms with Crippen molar-refractivity contribution >= 4 is 39.3 Å². The van der Waals surface area contributed by atoms with Gasteiger partial charge in [0, 0.05) is 40.0 Å². The Hall–Kier alpha value is -5.51. The van der Waals surface area contributed by atoms with E-state index in [0.717, 1.165) is 28.6 Å². The number of aromatic hydroxyl groups is 1. The summed E-state index contributed by atoms with van der Waals surface area (Å²) in [6.07, 6.45) is -1.28. The van der Waals surface area contributed by atoms with Crippen LogP contribution in [0.2, 0.25) is 0 Å². The second kappa shape index (κ2) is 10.2. The number of nitrogens with two attached hydrogens (primary N) is 1. The second-order valence-corrected chi connectivity index (χ2v) is 9.79. The highest BCUT2D eigenvalue weighted by Crippen LogP contribution is 2.44. The molecule has 0 fully saturated rings. The number of aromatic nitrogens is 3. The van der Waals surface area contributed by atoms with E-state index >= 15 is 0 Å². The van der Waals surface area contributed by atoms with E-state index in [-0.39, 0.29) is 22.9 Å². The molecule has 208 valence electrons. The fraction of sp³-hybridized carbons (Fsp3) is 0.0625. The van der Waals surface area contributed by atoms with Crippen molar-refractivity contribution in [3.63, 3.8) is 0 Å². The highest BCUT2D eigenvalue weighted by molar-refractivity contribution is 6.07. The first kappa shape index (κ1) is 26.7. The van der Waals surface area contributed by atoms with Gasteiger partial charge in [-0.2, -0.15) is 13.2 Å². The zero-order valence-corrected chi connectivity index (χ0v) is 22.1. The standard InChI is InChI=1S/C32H22F3N5O2/c1-17-7-8-20(30(42)39-23-6-2-5-22(15-23)32(33,34)35)13-24(17)25-14-21-16-38-31(36)40-28(21)27(29(25)41)19-9-10-26-18(12-19)4-3-11-37-26/h2-16,41H,1H3,(H,39,42)(H2,36,38,40). The van der Waals surface area contributed by atoms with Gasteiger partial charge in [0.1, 0.15) is 5.75 Å². The maximum atomic E-state index is 13.2. The Morgan fingerprint density at radius 3 is 2.55 bits per heavy atom. The molecule has 0 radical (unpaired) electrons. The van der Waals surface area contributed by atoms with Gasteiger partial charge in [0.15, 0.2) is 0 Å². The predicted octanol–water partition coefficient (Wildman–Crippen LogP) is 7.38. The number of aryl methyl sites for hydroxylation is 1. The van der Waals surface area contributed by atoms with Crippen LogP contribution in [0.1, 0.15) is 21.5 Å². The van der Waals surface area contributed by atoms with E-state index in [1.165, 1.54) is 12.1 Å². The third kappa shape index (κ3) is 4.94. The third-order valence-corrected chi connectivity index (χ3v) is 6.99. The van der Waals surface area contributed by atoms with E-state index < -0.39 is 17.6 Å². The molecule has 0 aliphatic rings. The summed E-state index contributed by atoms with van der Waals surface area (Å²) in [7, 11) is 0. The fourth-order valence-electron chi connectivity index (χ4n) is 4.92. The van der Waals surface area contributed by atoms with Crippen LogP contribution in [-0.2, 0) is 6.18 Å². The molecule has 0 bridgehead atoms. The largest absolute Gasteiger partial charge is 0.507 e. The van der Waals surface area contributed by atoms with E-state index in [2.05, 4.69) is 20.3 Å². The number of rotatable bonds is 4. The number of alkyl halides is 3. The lowest BCUT2D eigenvalue weighted by Gasteiger charge is -2.17. The molecule has 7 nitrogen and oxygen atoms in total. The normalized spacial score (nSPS) is 11.6. The van der Waals surface area contributed by atoms with E-state index in [1.807, 2.05) is 37.3 Å². The zero-order valence-electron chi connectivity index (χ0n) is 22.1.